The summed E-state index contributed by atoms with van der Waals surface area (Å²) in [5, 5.41) is 0. The van der Waals surface area contributed by atoms with Gasteiger partial charge in [0.05, 0.1) is 7.11 Å². The van der Waals surface area contributed by atoms with Crippen molar-refractivity contribution in [3.63, 3.8) is 0 Å². The van der Waals surface area contributed by atoms with E-state index in [0.29, 0.717) is 5.69 Å². The Morgan fingerprint density at radius 3 is 2.54 bits per heavy atom. The van der Waals surface area contributed by atoms with Gasteiger partial charge in [0.15, 0.2) is 5.78 Å². The van der Waals surface area contributed by atoms with Crippen LogP contribution in [0.15, 0.2) is 6.20 Å². The smallest absolute Gasteiger partial charge is 0.178 e. The lowest BCUT2D eigenvalue weighted by Crippen LogP contribution is -2.03. The number of rotatable bonds is 2. The normalized spacial score (nSPS) is 9.85. The van der Waals surface area contributed by atoms with E-state index < -0.39 is 0 Å². The van der Waals surface area contributed by atoms with Gasteiger partial charge in [0, 0.05) is 24.2 Å². The van der Waals surface area contributed by atoms with Crippen molar-refractivity contribution in [3.8, 4) is 5.75 Å². The molecule has 0 aliphatic heterocycles. The van der Waals surface area contributed by atoms with Gasteiger partial charge in [-0.25, -0.2) is 0 Å². The molecule has 1 aromatic rings. The van der Waals surface area contributed by atoms with Crippen LogP contribution in [0.5, 0.6) is 5.75 Å². The van der Waals surface area contributed by atoms with Crippen molar-refractivity contribution in [2.75, 3.05) is 7.11 Å². The van der Waals surface area contributed by atoms with Crippen LogP contribution < -0.4 is 4.74 Å². The van der Waals surface area contributed by atoms with E-state index in [9.17, 15) is 4.79 Å². The van der Waals surface area contributed by atoms with Gasteiger partial charge in [-0.05, 0) is 13.8 Å². The molecule has 3 heteroatoms. The van der Waals surface area contributed by atoms with E-state index in [-0.39, 0.29) is 5.78 Å². The third kappa shape index (κ3) is 1.69. The summed E-state index contributed by atoms with van der Waals surface area (Å²) in [4.78, 5) is 15.2. The molecule has 0 unspecified atom stereocenters. The number of carbonyl (C=O) groups is 1. The number of aryl methyl sites for hydroxylation is 1. The summed E-state index contributed by atoms with van der Waals surface area (Å²) < 4.78 is 5.17. The summed E-state index contributed by atoms with van der Waals surface area (Å²) >= 11 is 0. The highest BCUT2D eigenvalue weighted by molar-refractivity contribution is 5.94. The fourth-order valence-electron chi connectivity index (χ4n) is 1.39. The number of aromatic nitrogens is 1. The van der Waals surface area contributed by atoms with Crippen LogP contribution in [0.3, 0.4) is 0 Å². The number of nitrogens with zero attached hydrogens (tertiary/aromatic N) is 1. The highest BCUT2D eigenvalue weighted by atomic mass is 16.5. The monoisotopic (exact) mass is 179 g/mol. The van der Waals surface area contributed by atoms with Crippen molar-refractivity contribution in [2.24, 2.45) is 0 Å². The second-order valence-corrected chi connectivity index (χ2v) is 3.00. The summed E-state index contributed by atoms with van der Waals surface area (Å²) in [7, 11) is 1.60. The number of pyridine rings is 1. The molecule has 1 rings (SSSR count). The van der Waals surface area contributed by atoms with Gasteiger partial charge in [-0.1, -0.05) is 0 Å². The summed E-state index contributed by atoms with van der Waals surface area (Å²) in [5.74, 6) is 0.719. The van der Waals surface area contributed by atoms with Crippen molar-refractivity contribution >= 4 is 5.78 Å². The van der Waals surface area contributed by atoms with Crippen molar-refractivity contribution < 1.29 is 9.53 Å². The maximum atomic E-state index is 11.1. The van der Waals surface area contributed by atoms with Gasteiger partial charge < -0.3 is 4.74 Å². The lowest BCUT2D eigenvalue weighted by atomic mass is 10.1. The molecule has 3 nitrogen and oxygen atoms in total. The Hall–Kier alpha value is -1.38. The molecule has 0 aromatic carbocycles. The predicted molar refractivity (Wildman–Crippen MR) is 50.3 cm³/mol. The maximum absolute atomic E-state index is 11.1. The number of Topliss-reactive ketones (excluding diaryl/α,β-unsaturated/α-hetero) is 1. The van der Waals surface area contributed by atoms with Gasteiger partial charge in [-0.2, -0.15) is 0 Å². The van der Waals surface area contributed by atoms with Crippen LogP contribution >= 0.6 is 0 Å². The van der Waals surface area contributed by atoms with E-state index in [1.54, 1.807) is 13.3 Å². The van der Waals surface area contributed by atoms with Crippen LogP contribution in [-0.2, 0) is 0 Å². The van der Waals surface area contributed by atoms with Gasteiger partial charge in [-0.3, -0.25) is 9.78 Å². The fraction of sp³-hybridized carbons (Fsp3) is 0.400. The number of ketones is 1. The molecule has 0 atom stereocenters. The molecule has 0 N–H and O–H groups in total. The molecular weight excluding hydrogens is 166 g/mol. The Balaban J connectivity index is 3.35. The lowest BCUT2D eigenvalue weighted by molar-refractivity contribution is 0.101. The largest absolute Gasteiger partial charge is 0.496 e. The first-order valence-corrected chi connectivity index (χ1v) is 4.09. The van der Waals surface area contributed by atoms with Crippen molar-refractivity contribution in [2.45, 2.75) is 20.8 Å². The van der Waals surface area contributed by atoms with Gasteiger partial charge in [0.1, 0.15) is 11.4 Å². The summed E-state index contributed by atoms with van der Waals surface area (Å²) in [5.41, 5.74) is 2.25. The molecule has 70 valence electrons. The lowest BCUT2D eigenvalue weighted by Gasteiger charge is -2.09. The zero-order chi connectivity index (χ0) is 10.0. The van der Waals surface area contributed by atoms with E-state index in [1.807, 2.05) is 13.8 Å². The number of methoxy groups -OCH3 is 1. The average molecular weight is 179 g/mol. The minimum absolute atomic E-state index is 0.0317. The van der Waals surface area contributed by atoms with E-state index in [2.05, 4.69) is 4.98 Å². The first-order valence-electron chi connectivity index (χ1n) is 4.09. The first-order chi connectivity index (χ1) is 6.07. The van der Waals surface area contributed by atoms with E-state index in [0.717, 1.165) is 16.9 Å². The van der Waals surface area contributed by atoms with Crippen LogP contribution in [0.25, 0.3) is 0 Å². The number of ether oxygens (including phenoxy) is 1. The van der Waals surface area contributed by atoms with Crippen molar-refractivity contribution in [3.05, 3.63) is 23.0 Å². The highest BCUT2D eigenvalue weighted by Crippen LogP contribution is 2.23. The fourth-order valence-corrected chi connectivity index (χ4v) is 1.39. The van der Waals surface area contributed by atoms with E-state index in [4.69, 9.17) is 4.74 Å². The Bertz CT molecular complexity index is 345. The van der Waals surface area contributed by atoms with Crippen LogP contribution in [0.1, 0.15) is 28.5 Å². The zero-order valence-electron chi connectivity index (χ0n) is 8.34. The van der Waals surface area contributed by atoms with Crippen LogP contribution in [0.4, 0.5) is 0 Å². The predicted octanol–water partition coefficient (Wildman–Crippen LogP) is 1.91. The summed E-state index contributed by atoms with van der Waals surface area (Å²) in [6.07, 6.45) is 1.66. The molecule has 0 spiro atoms. The number of hydrogen-bond acceptors (Lipinski definition) is 3. The van der Waals surface area contributed by atoms with Crippen LogP contribution in [0.2, 0.25) is 0 Å². The van der Waals surface area contributed by atoms with Gasteiger partial charge in [0.25, 0.3) is 0 Å². The number of carbonyl (C=O) groups excluding carboxylic acids is 1. The molecule has 0 aliphatic rings. The summed E-state index contributed by atoms with van der Waals surface area (Å²) in [6.45, 7) is 5.25. The topological polar surface area (TPSA) is 39.2 Å². The Labute approximate surface area is 77.8 Å². The standard InChI is InChI=1S/C10H13NO2/c1-6-5-11-9(8(3)12)7(2)10(6)13-4/h5H,1-4H3. The third-order valence-electron chi connectivity index (χ3n) is 1.98. The third-order valence-corrected chi connectivity index (χ3v) is 1.98. The molecule has 1 aromatic heterocycles. The highest BCUT2D eigenvalue weighted by Gasteiger charge is 2.11. The molecule has 0 saturated carbocycles. The quantitative estimate of drug-likeness (QED) is 0.651. The van der Waals surface area contributed by atoms with Crippen LogP contribution in [-0.4, -0.2) is 17.9 Å². The molecule has 0 bridgehead atoms. The second-order valence-electron chi connectivity index (χ2n) is 3.00. The van der Waals surface area contributed by atoms with Crippen molar-refractivity contribution in [1.29, 1.82) is 0 Å². The first kappa shape index (κ1) is 9.71. The number of hydrogen-bond donors (Lipinski definition) is 0. The Kier molecular flexibility index (Phi) is 2.66. The van der Waals surface area contributed by atoms with E-state index >= 15 is 0 Å². The molecular formula is C10H13NO2. The van der Waals surface area contributed by atoms with Gasteiger partial charge in [-0.15, -0.1) is 0 Å². The molecule has 0 fully saturated rings. The zero-order valence-corrected chi connectivity index (χ0v) is 8.34. The minimum atomic E-state index is -0.0317. The molecule has 0 saturated heterocycles. The van der Waals surface area contributed by atoms with Crippen molar-refractivity contribution in [1.82, 2.24) is 4.98 Å². The Morgan fingerprint density at radius 2 is 2.08 bits per heavy atom. The van der Waals surface area contributed by atoms with Gasteiger partial charge >= 0.3 is 0 Å². The molecule has 0 radical (unpaired) electrons. The average Bonchev–Trinajstić information content (AvgIpc) is 2.04. The molecule has 0 aliphatic carbocycles. The maximum Gasteiger partial charge on any atom is 0.178 e. The Morgan fingerprint density at radius 1 is 1.46 bits per heavy atom. The van der Waals surface area contributed by atoms with Gasteiger partial charge in [0.2, 0.25) is 0 Å². The molecule has 1 heterocycles. The second kappa shape index (κ2) is 3.56. The minimum Gasteiger partial charge on any atom is -0.496 e. The molecule has 0 amide bonds. The summed E-state index contributed by atoms with van der Waals surface area (Å²) in [6, 6.07) is 0. The van der Waals surface area contributed by atoms with Crippen LogP contribution in [0, 0.1) is 13.8 Å². The SMILES string of the molecule is COc1c(C)cnc(C(C)=O)c1C. The van der Waals surface area contributed by atoms with E-state index in [1.165, 1.54) is 6.92 Å². The molecule has 13 heavy (non-hydrogen) atoms.